The summed E-state index contributed by atoms with van der Waals surface area (Å²) in [6.45, 7) is 7.26. The Hall–Kier alpha value is -1.92. The molecule has 0 saturated heterocycles. The van der Waals surface area contributed by atoms with E-state index in [0.717, 1.165) is 10.4 Å². The van der Waals surface area contributed by atoms with Crippen LogP contribution in [-0.4, -0.2) is 36.9 Å². The second kappa shape index (κ2) is 6.31. The third kappa shape index (κ3) is 3.52. The van der Waals surface area contributed by atoms with Crippen molar-refractivity contribution in [3.63, 3.8) is 0 Å². The average Bonchev–Trinajstić information content (AvgIpc) is 2.38. The Labute approximate surface area is 112 Å². The average molecular weight is 281 g/mol. The Morgan fingerprint density at radius 3 is 2.32 bits per heavy atom. The normalized spacial score (nSPS) is 11.2. The standard InChI is InChI=1S/C13H15NO4S/c1-3-8-14(9-4-2)19(17,18)12-7-5-6-11(10-12)13(15)16/h3-7,10H,1-2,8-9H2,(H,15,16). The largest absolute Gasteiger partial charge is 0.478 e. The van der Waals surface area contributed by atoms with Gasteiger partial charge in [0.05, 0.1) is 10.5 Å². The van der Waals surface area contributed by atoms with Gasteiger partial charge < -0.3 is 5.11 Å². The smallest absolute Gasteiger partial charge is 0.335 e. The lowest BCUT2D eigenvalue weighted by molar-refractivity contribution is 0.0696. The number of carbonyl (C=O) groups is 1. The van der Waals surface area contributed by atoms with Crippen molar-refractivity contribution in [1.29, 1.82) is 0 Å². The molecule has 0 fully saturated rings. The minimum Gasteiger partial charge on any atom is -0.478 e. The fraction of sp³-hybridized carbons (Fsp3) is 0.154. The minimum atomic E-state index is -3.75. The lowest BCUT2D eigenvalue weighted by Gasteiger charge is -2.19. The fourth-order valence-electron chi connectivity index (χ4n) is 1.50. The van der Waals surface area contributed by atoms with Gasteiger partial charge in [0.2, 0.25) is 10.0 Å². The molecule has 0 aliphatic carbocycles. The quantitative estimate of drug-likeness (QED) is 0.773. The van der Waals surface area contributed by atoms with Crippen LogP contribution in [0, 0.1) is 0 Å². The zero-order valence-electron chi connectivity index (χ0n) is 10.3. The molecule has 0 aliphatic heterocycles. The highest BCUT2D eigenvalue weighted by atomic mass is 32.2. The van der Waals surface area contributed by atoms with Gasteiger partial charge in [-0.25, -0.2) is 13.2 Å². The number of benzene rings is 1. The van der Waals surface area contributed by atoms with E-state index in [0.29, 0.717) is 0 Å². The first-order chi connectivity index (χ1) is 8.93. The highest BCUT2D eigenvalue weighted by molar-refractivity contribution is 7.89. The molecule has 0 spiro atoms. The van der Waals surface area contributed by atoms with Crippen LogP contribution in [-0.2, 0) is 10.0 Å². The molecular formula is C13H15NO4S. The molecular weight excluding hydrogens is 266 g/mol. The van der Waals surface area contributed by atoms with Gasteiger partial charge in [0, 0.05) is 13.1 Å². The molecule has 0 atom stereocenters. The molecule has 19 heavy (non-hydrogen) atoms. The molecule has 0 bridgehead atoms. The molecule has 1 N–H and O–H groups in total. The Morgan fingerprint density at radius 1 is 1.26 bits per heavy atom. The number of carboxylic acid groups (broad SMARTS) is 1. The summed E-state index contributed by atoms with van der Waals surface area (Å²) in [5.74, 6) is -1.17. The van der Waals surface area contributed by atoms with Crippen molar-refractivity contribution in [3.8, 4) is 0 Å². The van der Waals surface area contributed by atoms with E-state index in [2.05, 4.69) is 13.2 Å². The molecule has 0 saturated carbocycles. The van der Waals surface area contributed by atoms with Gasteiger partial charge in [0.15, 0.2) is 0 Å². The second-order valence-electron chi connectivity index (χ2n) is 3.73. The number of carboxylic acids is 1. The summed E-state index contributed by atoms with van der Waals surface area (Å²) in [5, 5.41) is 8.88. The van der Waals surface area contributed by atoms with Crippen molar-refractivity contribution >= 4 is 16.0 Å². The molecule has 1 aromatic carbocycles. The van der Waals surface area contributed by atoms with E-state index in [9.17, 15) is 13.2 Å². The van der Waals surface area contributed by atoms with Gasteiger partial charge in [-0.15, -0.1) is 13.2 Å². The van der Waals surface area contributed by atoms with Crippen LogP contribution in [0.25, 0.3) is 0 Å². The lowest BCUT2D eigenvalue weighted by atomic mass is 10.2. The highest BCUT2D eigenvalue weighted by Crippen LogP contribution is 2.17. The molecule has 0 amide bonds. The van der Waals surface area contributed by atoms with Crippen molar-refractivity contribution in [3.05, 3.63) is 55.1 Å². The molecule has 1 aromatic rings. The molecule has 6 heteroatoms. The summed E-state index contributed by atoms with van der Waals surface area (Å²) in [6.07, 6.45) is 2.92. The highest BCUT2D eigenvalue weighted by Gasteiger charge is 2.23. The van der Waals surface area contributed by atoms with Crippen LogP contribution in [0.5, 0.6) is 0 Å². The van der Waals surface area contributed by atoms with E-state index in [1.54, 1.807) is 0 Å². The summed E-state index contributed by atoms with van der Waals surface area (Å²) in [7, 11) is -3.75. The monoisotopic (exact) mass is 281 g/mol. The van der Waals surface area contributed by atoms with Gasteiger partial charge in [0.1, 0.15) is 0 Å². The molecule has 0 unspecified atom stereocenters. The number of sulfonamides is 1. The van der Waals surface area contributed by atoms with Crippen LogP contribution in [0.2, 0.25) is 0 Å². The predicted molar refractivity (Wildman–Crippen MR) is 72.6 cm³/mol. The molecule has 5 nitrogen and oxygen atoms in total. The van der Waals surface area contributed by atoms with Crippen molar-refractivity contribution in [2.45, 2.75) is 4.90 Å². The van der Waals surface area contributed by atoms with Crippen LogP contribution in [0.15, 0.2) is 54.5 Å². The van der Waals surface area contributed by atoms with Crippen LogP contribution >= 0.6 is 0 Å². The summed E-state index contributed by atoms with van der Waals surface area (Å²) in [4.78, 5) is 10.8. The van der Waals surface area contributed by atoms with Gasteiger partial charge in [-0.3, -0.25) is 0 Å². The van der Waals surface area contributed by atoms with Gasteiger partial charge in [0.25, 0.3) is 0 Å². The van der Waals surface area contributed by atoms with E-state index in [1.165, 1.54) is 30.4 Å². The number of nitrogens with zero attached hydrogens (tertiary/aromatic N) is 1. The summed E-state index contributed by atoms with van der Waals surface area (Å²) >= 11 is 0. The molecule has 0 aromatic heterocycles. The number of hydrogen-bond acceptors (Lipinski definition) is 3. The third-order valence-electron chi connectivity index (χ3n) is 2.38. The topological polar surface area (TPSA) is 74.7 Å². The Kier molecular flexibility index (Phi) is 5.02. The SMILES string of the molecule is C=CCN(CC=C)S(=O)(=O)c1cccc(C(=O)O)c1. The maximum absolute atomic E-state index is 12.3. The van der Waals surface area contributed by atoms with E-state index in [-0.39, 0.29) is 23.5 Å². The molecule has 0 heterocycles. The summed E-state index contributed by atoms with van der Waals surface area (Å²) < 4.78 is 25.8. The van der Waals surface area contributed by atoms with Crippen molar-refractivity contribution < 1.29 is 18.3 Å². The van der Waals surface area contributed by atoms with Crippen molar-refractivity contribution in [2.75, 3.05) is 13.1 Å². The van der Waals surface area contributed by atoms with E-state index in [4.69, 9.17) is 5.11 Å². The Balaban J connectivity index is 3.24. The van der Waals surface area contributed by atoms with Crippen molar-refractivity contribution in [1.82, 2.24) is 4.31 Å². The third-order valence-corrected chi connectivity index (χ3v) is 4.21. The summed E-state index contributed by atoms with van der Waals surface area (Å²) in [6, 6.07) is 5.24. The molecule has 0 radical (unpaired) electrons. The van der Waals surface area contributed by atoms with Crippen LogP contribution in [0.1, 0.15) is 10.4 Å². The zero-order valence-corrected chi connectivity index (χ0v) is 11.1. The summed E-state index contributed by atoms with van der Waals surface area (Å²) in [5.41, 5.74) is -0.0711. The lowest BCUT2D eigenvalue weighted by Crippen LogP contribution is -2.31. The van der Waals surface area contributed by atoms with Crippen LogP contribution in [0.4, 0.5) is 0 Å². The first-order valence-corrected chi connectivity index (χ1v) is 6.92. The maximum atomic E-state index is 12.3. The molecule has 0 aliphatic rings. The van der Waals surface area contributed by atoms with Gasteiger partial charge in [-0.1, -0.05) is 18.2 Å². The van der Waals surface area contributed by atoms with E-state index >= 15 is 0 Å². The first-order valence-electron chi connectivity index (χ1n) is 5.48. The fourth-order valence-corrected chi connectivity index (χ4v) is 2.93. The Bertz CT molecular complexity index is 582. The van der Waals surface area contributed by atoms with Crippen molar-refractivity contribution in [2.24, 2.45) is 0 Å². The van der Waals surface area contributed by atoms with Crippen LogP contribution < -0.4 is 0 Å². The first kappa shape index (κ1) is 15.1. The number of hydrogen-bond donors (Lipinski definition) is 1. The van der Waals surface area contributed by atoms with Gasteiger partial charge >= 0.3 is 5.97 Å². The zero-order chi connectivity index (χ0) is 14.5. The molecule has 102 valence electrons. The molecule has 1 rings (SSSR count). The van der Waals surface area contributed by atoms with E-state index < -0.39 is 16.0 Å². The number of rotatable bonds is 7. The number of aromatic carboxylic acids is 1. The van der Waals surface area contributed by atoms with Gasteiger partial charge in [-0.05, 0) is 18.2 Å². The second-order valence-corrected chi connectivity index (χ2v) is 5.67. The van der Waals surface area contributed by atoms with Gasteiger partial charge in [-0.2, -0.15) is 4.31 Å². The van der Waals surface area contributed by atoms with Crippen LogP contribution in [0.3, 0.4) is 0 Å². The predicted octanol–water partition coefficient (Wildman–Crippen LogP) is 1.75. The Morgan fingerprint density at radius 2 is 1.84 bits per heavy atom. The van der Waals surface area contributed by atoms with E-state index in [1.807, 2.05) is 0 Å². The minimum absolute atomic E-state index is 0.0592. The maximum Gasteiger partial charge on any atom is 0.335 e.